The molecule has 0 atom stereocenters. The number of rotatable bonds is 6. The normalized spacial score (nSPS) is 12.5. The average molecular weight is 414 g/mol. The lowest BCUT2D eigenvalue weighted by molar-refractivity contribution is 0.0950. The van der Waals surface area contributed by atoms with Gasteiger partial charge in [-0.15, -0.1) is 0 Å². The average Bonchev–Trinajstić information content (AvgIpc) is 3.31. The second-order valence-electron chi connectivity index (χ2n) is 7.47. The van der Waals surface area contributed by atoms with Gasteiger partial charge in [0.1, 0.15) is 17.3 Å². The Morgan fingerprint density at radius 3 is 2.81 bits per heavy atom. The maximum Gasteiger partial charge on any atom is 0.251 e. The third-order valence-electron chi connectivity index (χ3n) is 5.23. The first kappa shape index (κ1) is 20.5. The molecule has 1 aromatic heterocycles. The molecule has 4 rings (SSSR count). The zero-order valence-electron chi connectivity index (χ0n) is 17.5. The summed E-state index contributed by atoms with van der Waals surface area (Å²) in [6, 6.07) is 13.9. The van der Waals surface area contributed by atoms with Crippen molar-refractivity contribution in [2.24, 2.45) is 0 Å². The zero-order chi connectivity index (χ0) is 21.8. The summed E-state index contributed by atoms with van der Waals surface area (Å²) in [5.74, 6) is 0.809. The number of hydrogen-bond donors (Lipinski definition) is 1. The van der Waals surface area contributed by atoms with E-state index in [0.29, 0.717) is 29.2 Å². The van der Waals surface area contributed by atoms with Crippen LogP contribution in [-0.4, -0.2) is 10.9 Å². The van der Waals surface area contributed by atoms with Gasteiger partial charge in [-0.25, -0.2) is 4.39 Å². The quantitative estimate of drug-likeness (QED) is 0.546. The molecule has 156 valence electrons. The number of amides is 1. The molecule has 1 N–H and O–H groups in total. The van der Waals surface area contributed by atoms with E-state index < -0.39 is 0 Å². The van der Waals surface area contributed by atoms with Gasteiger partial charge in [0, 0.05) is 29.9 Å². The highest BCUT2D eigenvalue weighted by atomic mass is 19.1. The fourth-order valence-electron chi connectivity index (χ4n) is 3.47. The van der Waals surface area contributed by atoms with Crippen molar-refractivity contribution in [1.29, 1.82) is 0 Å². The van der Waals surface area contributed by atoms with Crippen LogP contribution in [0.2, 0.25) is 0 Å². The Bertz CT molecular complexity index is 1200. The number of aromatic nitrogens is 1. The van der Waals surface area contributed by atoms with Gasteiger partial charge in [0.25, 0.3) is 5.91 Å². The van der Waals surface area contributed by atoms with E-state index in [4.69, 9.17) is 4.74 Å². The number of carbonyl (C=O) groups excluding carboxylic acids is 1. The number of nitrogens with one attached hydrogen (secondary N) is 1. The smallest absolute Gasteiger partial charge is 0.251 e. The molecule has 0 saturated carbocycles. The summed E-state index contributed by atoms with van der Waals surface area (Å²) in [6.07, 6.45) is 8.88. The van der Waals surface area contributed by atoms with Crippen LogP contribution in [-0.2, 0) is 6.54 Å². The van der Waals surface area contributed by atoms with Gasteiger partial charge in [0.15, 0.2) is 0 Å². The van der Waals surface area contributed by atoms with Crippen molar-refractivity contribution in [2.75, 3.05) is 0 Å². The van der Waals surface area contributed by atoms with Gasteiger partial charge >= 0.3 is 0 Å². The van der Waals surface area contributed by atoms with E-state index in [9.17, 15) is 9.18 Å². The number of benzene rings is 2. The molecular formula is C26H23FN2O2. The Morgan fingerprint density at radius 2 is 2.03 bits per heavy atom. The Balaban J connectivity index is 1.49. The van der Waals surface area contributed by atoms with E-state index in [1.807, 2.05) is 25.1 Å². The van der Waals surface area contributed by atoms with Crippen LogP contribution < -0.4 is 10.1 Å². The number of allylic oxidation sites excluding steroid dienone is 4. The van der Waals surface area contributed by atoms with E-state index >= 15 is 0 Å². The van der Waals surface area contributed by atoms with E-state index in [2.05, 4.69) is 22.5 Å². The van der Waals surface area contributed by atoms with Crippen molar-refractivity contribution in [3.8, 4) is 11.5 Å². The monoisotopic (exact) mass is 414 g/mol. The van der Waals surface area contributed by atoms with Crippen LogP contribution in [0, 0.1) is 19.7 Å². The summed E-state index contributed by atoms with van der Waals surface area (Å²) in [4.78, 5) is 17.2. The lowest BCUT2D eigenvalue weighted by Crippen LogP contribution is -2.23. The van der Waals surface area contributed by atoms with Gasteiger partial charge in [0.05, 0.1) is 5.69 Å². The molecule has 0 saturated heterocycles. The Morgan fingerprint density at radius 1 is 1.16 bits per heavy atom. The topological polar surface area (TPSA) is 51.2 Å². The number of hydrogen-bond acceptors (Lipinski definition) is 3. The van der Waals surface area contributed by atoms with Crippen LogP contribution >= 0.6 is 0 Å². The van der Waals surface area contributed by atoms with Gasteiger partial charge < -0.3 is 10.1 Å². The maximum absolute atomic E-state index is 13.4. The predicted octanol–water partition coefficient (Wildman–Crippen LogP) is 5.90. The Hall–Kier alpha value is -3.73. The van der Waals surface area contributed by atoms with E-state index in [-0.39, 0.29) is 11.7 Å². The first-order valence-electron chi connectivity index (χ1n) is 10.1. The van der Waals surface area contributed by atoms with Crippen molar-refractivity contribution in [3.05, 3.63) is 107 Å². The van der Waals surface area contributed by atoms with Gasteiger partial charge in [0.2, 0.25) is 0 Å². The molecule has 3 aromatic rings. The third kappa shape index (κ3) is 4.72. The van der Waals surface area contributed by atoms with E-state index in [0.717, 1.165) is 28.8 Å². The highest BCUT2D eigenvalue weighted by molar-refractivity contribution is 5.96. The number of halogens is 1. The molecule has 1 amide bonds. The first-order valence-corrected chi connectivity index (χ1v) is 10.1. The van der Waals surface area contributed by atoms with E-state index in [1.54, 1.807) is 43.5 Å². The largest absolute Gasteiger partial charge is 0.457 e. The first-order chi connectivity index (χ1) is 15.0. The summed E-state index contributed by atoms with van der Waals surface area (Å²) < 4.78 is 19.5. The van der Waals surface area contributed by atoms with Crippen molar-refractivity contribution in [1.82, 2.24) is 10.3 Å². The lowest BCUT2D eigenvalue weighted by atomic mass is 10.1. The second kappa shape index (κ2) is 8.96. The van der Waals surface area contributed by atoms with Crippen LogP contribution in [0.1, 0.15) is 39.2 Å². The summed E-state index contributed by atoms with van der Waals surface area (Å²) in [6.45, 7) is 3.88. The molecule has 4 nitrogen and oxygen atoms in total. The maximum atomic E-state index is 13.4. The zero-order valence-corrected chi connectivity index (χ0v) is 17.5. The van der Waals surface area contributed by atoms with E-state index in [1.165, 1.54) is 6.07 Å². The highest BCUT2D eigenvalue weighted by Gasteiger charge is 2.14. The summed E-state index contributed by atoms with van der Waals surface area (Å²) in [5, 5.41) is 2.90. The molecule has 0 spiro atoms. The van der Waals surface area contributed by atoms with Crippen molar-refractivity contribution in [3.63, 3.8) is 0 Å². The predicted molar refractivity (Wildman–Crippen MR) is 120 cm³/mol. The minimum atomic E-state index is -0.254. The molecule has 31 heavy (non-hydrogen) atoms. The molecule has 0 radical (unpaired) electrons. The highest BCUT2D eigenvalue weighted by Crippen LogP contribution is 2.29. The molecule has 1 heterocycles. The van der Waals surface area contributed by atoms with Gasteiger partial charge in [-0.05, 0) is 61.2 Å². The molecule has 1 aliphatic carbocycles. The number of aryl methyl sites for hydroxylation is 1. The number of ether oxygens (including phenoxy) is 1. The molecular weight excluding hydrogens is 391 g/mol. The van der Waals surface area contributed by atoms with Gasteiger partial charge in [-0.1, -0.05) is 36.4 Å². The summed E-state index contributed by atoms with van der Waals surface area (Å²) in [5.41, 5.74) is 4.61. The Labute approximate surface area is 181 Å². The molecule has 0 bridgehead atoms. The van der Waals surface area contributed by atoms with Crippen LogP contribution in [0.25, 0.3) is 5.57 Å². The fourth-order valence-corrected chi connectivity index (χ4v) is 3.47. The third-order valence-corrected chi connectivity index (χ3v) is 5.23. The standard InChI is InChI=1S/C26H23FN2O2/c1-17-14-19(10-11-23(17)27)16-29-26(30)22-8-5-9-25(18(22)2)31-21-12-13-28-24(15-21)20-6-3-4-7-20/h3,5-15H,4,16H2,1-2H3,(H,29,30). The molecule has 2 aromatic carbocycles. The molecule has 0 aliphatic heterocycles. The van der Waals surface area contributed by atoms with Gasteiger partial charge in [-0.2, -0.15) is 0 Å². The van der Waals surface area contributed by atoms with Crippen LogP contribution in [0.5, 0.6) is 11.5 Å². The lowest BCUT2D eigenvalue weighted by Gasteiger charge is -2.13. The molecule has 0 fully saturated rings. The fraction of sp³-hybridized carbons (Fsp3) is 0.154. The van der Waals surface area contributed by atoms with Crippen molar-refractivity contribution < 1.29 is 13.9 Å². The van der Waals surface area contributed by atoms with Crippen molar-refractivity contribution in [2.45, 2.75) is 26.8 Å². The number of nitrogens with zero attached hydrogens (tertiary/aromatic N) is 1. The van der Waals surface area contributed by atoms with Crippen LogP contribution in [0.15, 0.2) is 73.0 Å². The SMILES string of the molecule is Cc1cc(CNC(=O)c2cccc(Oc3ccnc(C4=CCC=C4)c3)c2C)ccc1F. The van der Waals surface area contributed by atoms with Crippen LogP contribution in [0.4, 0.5) is 4.39 Å². The van der Waals surface area contributed by atoms with Gasteiger partial charge in [-0.3, -0.25) is 9.78 Å². The van der Waals surface area contributed by atoms with Crippen LogP contribution in [0.3, 0.4) is 0 Å². The Kier molecular flexibility index (Phi) is 5.94. The molecule has 0 unspecified atom stereocenters. The minimum absolute atomic E-state index is 0.207. The number of pyridine rings is 1. The van der Waals surface area contributed by atoms with Crippen molar-refractivity contribution >= 4 is 11.5 Å². The number of carbonyl (C=O) groups is 1. The summed E-state index contributed by atoms with van der Waals surface area (Å²) >= 11 is 0. The second-order valence-corrected chi connectivity index (χ2v) is 7.47. The molecule has 5 heteroatoms. The molecule has 1 aliphatic rings. The minimum Gasteiger partial charge on any atom is -0.457 e. The summed E-state index contributed by atoms with van der Waals surface area (Å²) in [7, 11) is 0.